The molecule has 30 heavy (non-hydrogen) atoms. The molecule has 0 spiro atoms. The number of carbonyl (C=O) groups is 2. The number of hydrogen-bond donors (Lipinski definition) is 0. The molecule has 2 aliphatic rings. The maximum absolute atomic E-state index is 13.3. The predicted molar refractivity (Wildman–Crippen MR) is 116 cm³/mol. The lowest BCUT2D eigenvalue weighted by Crippen LogP contribution is -2.24. The fraction of sp³-hybridized carbons (Fsp3) is 0.292. The Labute approximate surface area is 178 Å². The molecule has 1 saturated heterocycles. The van der Waals surface area contributed by atoms with Gasteiger partial charge in [-0.15, -0.1) is 11.3 Å². The van der Waals surface area contributed by atoms with Crippen LogP contribution in [0.1, 0.15) is 52.7 Å². The smallest absolute Gasteiger partial charge is 0.347 e. The fourth-order valence-electron chi connectivity index (χ4n) is 4.26. The van der Waals surface area contributed by atoms with E-state index in [1.54, 1.807) is 18.3 Å². The number of hydrogen-bond acceptors (Lipinski definition) is 6. The highest BCUT2D eigenvalue weighted by atomic mass is 32.1. The van der Waals surface area contributed by atoms with Crippen molar-refractivity contribution in [3.8, 4) is 0 Å². The van der Waals surface area contributed by atoms with Gasteiger partial charge in [0, 0.05) is 16.7 Å². The Morgan fingerprint density at radius 2 is 2.10 bits per heavy atom. The van der Waals surface area contributed by atoms with E-state index in [1.165, 1.54) is 4.88 Å². The summed E-state index contributed by atoms with van der Waals surface area (Å²) < 4.78 is 10.8. The largest absolute Gasteiger partial charge is 0.460 e. The number of fused-ring (bicyclic) bond motifs is 2. The van der Waals surface area contributed by atoms with Gasteiger partial charge in [-0.05, 0) is 60.9 Å². The van der Waals surface area contributed by atoms with Gasteiger partial charge in [0.1, 0.15) is 6.10 Å². The van der Waals surface area contributed by atoms with Crippen LogP contribution < -0.4 is 0 Å². The number of cyclic esters (lactones) is 1. The predicted octanol–water partition coefficient (Wildman–Crippen LogP) is 5.03. The van der Waals surface area contributed by atoms with Crippen molar-refractivity contribution in [3.05, 3.63) is 63.5 Å². The zero-order valence-corrected chi connectivity index (χ0v) is 17.4. The molecule has 0 radical (unpaired) electrons. The Morgan fingerprint density at radius 1 is 1.23 bits per heavy atom. The van der Waals surface area contributed by atoms with Crippen LogP contribution in [0.15, 0.2) is 41.8 Å². The van der Waals surface area contributed by atoms with Crippen LogP contribution in [0.2, 0.25) is 0 Å². The summed E-state index contributed by atoms with van der Waals surface area (Å²) in [7, 11) is 0. The number of para-hydroxylation sites is 1. The summed E-state index contributed by atoms with van der Waals surface area (Å²) in [6.07, 6.45) is 4.07. The summed E-state index contributed by atoms with van der Waals surface area (Å²) in [6.45, 7) is 1.80. The van der Waals surface area contributed by atoms with Gasteiger partial charge in [0.2, 0.25) is 6.10 Å². The molecule has 0 saturated carbocycles. The van der Waals surface area contributed by atoms with Crippen LogP contribution >= 0.6 is 11.3 Å². The van der Waals surface area contributed by atoms with Crippen molar-refractivity contribution in [3.63, 3.8) is 0 Å². The lowest BCUT2D eigenvalue weighted by molar-refractivity contribution is -0.147. The maximum atomic E-state index is 13.3. The molecule has 3 aromatic rings. The van der Waals surface area contributed by atoms with Gasteiger partial charge in [0.25, 0.3) is 0 Å². The Hall–Kier alpha value is -2.99. The second-order valence-electron chi connectivity index (χ2n) is 7.75. The Balaban J connectivity index is 1.62. The van der Waals surface area contributed by atoms with E-state index in [0.717, 1.165) is 47.0 Å². The maximum Gasteiger partial charge on any atom is 0.347 e. The van der Waals surface area contributed by atoms with Gasteiger partial charge in [-0.25, -0.2) is 14.6 Å². The summed E-state index contributed by atoms with van der Waals surface area (Å²) in [6, 6.07) is 11.7. The molecule has 1 aromatic carbocycles. The molecule has 0 amide bonds. The third kappa shape index (κ3) is 3.41. The summed E-state index contributed by atoms with van der Waals surface area (Å²) in [5.74, 6) is -0.945. The molecule has 2 unspecified atom stereocenters. The van der Waals surface area contributed by atoms with Gasteiger partial charge in [-0.3, -0.25) is 0 Å². The first kappa shape index (κ1) is 19.0. The fourth-order valence-corrected chi connectivity index (χ4v) is 4.94. The van der Waals surface area contributed by atoms with Gasteiger partial charge in [-0.1, -0.05) is 24.3 Å². The minimum absolute atomic E-state index is 0.237. The van der Waals surface area contributed by atoms with Crippen LogP contribution in [0.25, 0.3) is 22.6 Å². The van der Waals surface area contributed by atoms with Crippen LogP contribution in [0.3, 0.4) is 0 Å². The van der Waals surface area contributed by atoms with Gasteiger partial charge >= 0.3 is 11.9 Å². The summed E-state index contributed by atoms with van der Waals surface area (Å²) in [5, 5.41) is 2.81. The minimum atomic E-state index is -0.847. The Morgan fingerprint density at radius 3 is 2.87 bits per heavy atom. The topological polar surface area (TPSA) is 65.5 Å². The van der Waals surface area contributed by atoms with E-state index in [0.29, 0.717) is 12.0 Å². The number of rotatable bonds is 3. The van der Waals surface area contributed by atoms with Crippen molar-refractivity contribution >= 4 is 45.8 Å². The number of nitrogens with zero attached hydrogens (tertiary/aromatic N) is 1. The lowest BCUT2D eigenvalue weighted by Gasteiger charge is -2.22. The normalized spacial score (nSPS) is 22.2. The Kier molecular flexibility index (Phi) is 4.87. The van der Waals surface area contributed by atoms with Crippen LogP contribution in [0, 0.1) is 0 Å². The third-order valence-corrected chi connectivity index (χ3v) is 6.43. The minimum Gasteiger partial charge on any atom is -0.460 e. The van der Waals surface area contributed by atoms with E-state index < -0.39 is 18.0 Å². The number of ether oxygens (including phenoxy) is 2. The molecule has 0 N–H and O–H groups in total. The van der Waals surface area contributed by atoms with Gasteiger partial charge in [0.15, 0.2) is 0 Å². The first-order valence-electron chi connectivity index (χ1n) is 10.2. The van der Waals surface area contributed by atoms with Crippen molar-refractivity contribution in [2.75, 3.05) is 0 Å². The number of pyridine rings is 1. The first-order chi connectivity index (χ1) is 14.6. The molecule has 5 rings (SSSR count). The summed E-state index contributed by atoms with van der Waals surface area (Å²) in [5.41, 5.74) is 4.19. The van der Waals surface area contributed by atoms with Crippen LogP contribution in [-0.2, 0) is 20.7 Å². The van der Waals surface area contributed by atoms with Crippen molar-refractivity contribution < 1.29 is 19.1 Å². The number of benzene rings is 1. The molecule has 0 bridgehead atoms. The SMILES string of the molecule is CC1CC(OC(=O)c2c3c(nc4ccccc24)/C(=C/c2cccs2)CCC3)C(=O)O1. The molecule has 1 fully saturated rings. The van der Waals surface area contributed by atoms with Crippen LogP contribution in [-0.4, -0.2) is 29.1 Å². The molecule has 2 aromatic heterocycles. The van der Waals surface area contributed by atoms with E-state index in [9.17, 15) is 9.59 Å². The molecule has 3 heterocycles. The van der Waals surface area contributed by atoms with Crippen LogP contribution in [0.4, 0.5) is 0 Å². The van der Waals surface area contributed by atoms with Gasteiger partial charge in [-0.2, -0.15) is 0 Å². The monoisotopic (exact) mass is 419 g/mol. The molecule has 2 atom stereocenters. The molecule has 6 heteroatoms. The Bertz CT molecular complexity index is 1170. The van der Waals surface area contributed by atoms with Crippen molar-refractivity contribution in [1.82, 2.24) is 4.98 Å². The lowest BCUT2D eigenvalue weighted by atomic mass is 9.86. The molecular weight excluding hydrogens is 398 g/mol. The van der Waals surface area contributed by atoms with Crippen LogP contribution in [0.5, 0.6) is 0 Å². The highest BCUT2D eigenvalue weighted by Crippen LogP contribution is 2.37. The average Bonchev–Trinajstić information content (AvgIpc) is 3.35. The average molecular weight is 420 g/mol. The van der Waals surface area contributed by atoms with Crippen molar-refractivity contribution in [1.29, 1.82) is 0 Å². The standard InChI is InChI=1S/C24H21NO4S/c1-14-12-20(23(26)28-14)29-24(27)21-17-8-2-3-10-19(17)25-22-15(6-4-9-18(21)22)13-16-7-5-11-30-16/h2-3,5,7-8,10-11,13-14,20H,4,6,9,12H2,1H3/b15-13+. The summed E-state index contributed by atoms with van der Waals surface area (Å²) >= 11 is 1.68. The molecule has 1 aliphatic carbocycles. The zero-order chi connectivity index (χ0) is 20.7. The number of esters is 2. The van der Waals surface area contributed by atoms with Crippen molar-refractivity contribution in [2.24, 2.45) is 0 Å². The van der Waals surface area contributed by atoms with E-state index in [4.69, 9.17) is 14.5 Å². The quantitative estimate of drug-likeness (QED) is 0.557. The number of thiophene rings is 1. The molecular formula is C24H21NO4S. The van der Waals surface area contributed by atoms with Gasteiger partial charge < -0.3 is 9.47 Å². The third-order valence-electron chi connectivity index (χ3n) is 5.61. The van der Waals surface area contributed by atoms with E-state index in [1.807, 2.05) is 30.3 Å². The number of allylic oxidation sites excluding steroid dienone is 1. The number of aromatic nitrogens is 1. The second kappa shape index (κ2) is 7.69. The molecule has 1 aliphatic heterocycles. The van der Waals surface area contributed by atoms with E-state index in [-0.39, 0.29) is 6.10 Å². The number of carbonyl (C=O) groups excluding carboxylic acids is 2. The second-order valence-corrected chi connectivity index (χ2v) is 8.73. The molecule has 5 nitrogen and oxygen atoms in total. The highest BCUT2D eigenvalue weighted by molar-refractivity contribution is 7.10. The molecule has 152 valence electrons. The summed E-state index contributed by atoms with van der Waals surface area (Å²) in [4.78, 5) is 31.4. The van der Waals surface area contributed by atoms with Gasteiger partial charge in [0.05, 0.1) is 16.8 Å². The highest BCUT2D eigenvalue weighted by Gasteiger charge is 2.36. The van der Waals surface area contributed by atoms with E-state index >= 15 is 0 Å². The zero-order valence-electron chi connectivity index (χ0n) is 16.6. The van der Waals surface area contributed by atoms with Crippen molar-refractivity contribution in [2.45, 2.75) is 44.8 Å². The first-order valence-corrected chi connectivity index (χ1v) is 11.1. The van der Waals surface area contributed by atoms with E-state index in [2.05, 4.69) is 17.5 Å².